The minimum absolute atomic E-state index is 0.275. The zero-order chi connectivity index (χ0) is 18.1. The van der Waals surface area contributed by atoms with Gasteiger partial charge in [-0.25, -0.2) is 4.98 Å². The summed E-state index contributed by atoms with van der Waals surface area (Å²) in [4.78, 5) is 16.3. The first-order chi connectivity index (χ1) is 12.7. The smallest absolute Gasteiger partial charge is 0.226 e. The third-order valence-electron chi connectivity index (χ3n) is 4.96. The molecule has 3 aromatic rings. The first kappa shape index (κ1) is 16.8. The summed E-state index contributed by atoms with van der Waals surface area (Å²) < 4.78 is 0. The van der Waals surface area contributed by atoms with E-state index in [1.165, 1.54) is 11.1 Å². The van der Waals surface area contributed by atoms with Crippen LogP contribution in [-0.2, 0) is 6.42 Å². The number of hydrogen-bond acceptors (Lipinski definition) is 5. The van der Waals surface area contributed by atoms with Crippen LogP contribution in [0.2, 0.25) is 0 Å². The van der Waals surface area contributed by atoms with E-state index < -0.39 is 0 Å². The van der Waals surface area contributed by atoms with Gasteiger partial charge in [0, 0.05) is 18.8 Å². The average Bonchev–Trinajstić information content (AvgIpc) is 2.61. The molecule has 2 aromatic heterocycles. The summed E-state index contributed by atoms with van der Waals surface area (Å²) in [5.74, 6) is 1.63. The molecule has 1 fully saturated rings. The van der Waals surface area contributed by atoms with Gasteiger partial charge in [0.05, 0.1) is 11.4 Å². The van der Waals surface area contributed by atoms with E-state index in [1.807, 2.05) is 6.07 Å². The maximum absolute atomic E-state index is 4.86. The van der Waals surface area contributed by atoms with Gasteiger partial charge in [-0.15, -0.1) is 0 Å². The number of benzene rings is 1. The number of pyridine rings is 1. The molecule has 5 heteroatoms. The Morgan fingerprint density at radius 2 is 2.00 bits per heavy atom. The van der Waals surface area contributed by atoms with Crippen LogP contribution in [0, 0.1) is 0 Å². The first-order valence-corrected chi connectivity index (χ1v) is 9.41. The van der Waals surface area contributed by atoms with Crippen molar-refractivity contribution >= 4 is 22.8 Å². The largest absolute Gasteiger partial charge is 0.352 e. The molecule has 5 nitrogen and oxygen atoms in total. The number of nitrogens with zero attached hydrogens (tertiary/aromatic N) is 4. The molecule has 0 saturated carbocycles. The van der Waals surface area contributed by atoms with Gasteiger partial charge in [0.2, 0.25) is 5.95 Å². The summed E-state index contributed by atoms with van der Waals surface area (Å²) >= 11 is 0. The van der Waals surface area contributed by atoms with E-state index in [-0.39, 0.29) is 6.04 Å². The lowest BCUT2D eigenvalue weighted by Gasteiger charge is -2.43. The Bertz CT molecular complexity index is 921. The summed E-state index contributed by atoms with van der Waals surface area (Å²) in [6.07, 6.45) is 3.99. The number of hydrogen-bond donors (Lipinski definition) is 1. The molecule has 0 spiro atoms. The Hall–Kier alpha value is -2.69. The van der Waals surface area contributed by atoms with E-state index in [0.717, 1.165) is 36.2 Å². The molecule has 0 amide bonds. The van der Waals surface area contributed by atoms with Crippen LogP contribution in [0.4, 0.5) is 11.8 Å². The first-order valence-electron chi connectivity index (χ1n) is 9.41. The molecular weight excluding hydrogens is 322 g/mol. The predicted molar refractivity (Wildman–Crippen MR) is 107 cm³/mol. The maximum atomic E-state index is 4.86. The van der Waals surface area contributed by atoms with Crippen molar-refractivity contribution < 1.29 is 0 Å². The molecule has 26 heavy (non-hydrogen) atoms. The fourth-order valence-electron chi connectivity index (χ4n) is 3.63. The number of anilines is 2. The summed E-state index contributed by atoms with van der Waals surface area (Å²) in [6, 6.07) is 13.4. The van der Waals surface area contributed by atoms with Crippen molar-refractivity contribution in [3.63, 3.8) is 0 Å². The van der Waals surface area contributed by atoms with Crippen LogP contribution < -0.4 is 10.2 Å². The zero-order valence-electron chi connectivity index (χ0n) is 15.6. The Balaban J connectivity index is 1.78. The van der Waals surface area contributed by atoms with Crippen LogP contribution in [0.3, 0.4) is 0 Å². The van der Waals surface area contributed by atoms with Crippen molar-refractivity contribution in [2.24, 2.45) is 0 Å². The van der Waals surface area contributed by atoms with Crippen LogP contribution in [0.25, 0.3) is 11.0 Å². The van der Waals surface area contributed by atoms with E-state index in [1.54, 1.807) is 6.20 Å². The van der Waals surface area contributed by atoms with Crippen molar-refractivity contribution in [3.05, 3.63) is 53.7 Å². The van der Waals surface area contributed by atoms with Crippen molar-refractivity contribution in [1.82, 2.24) is 15.0 Å². The van der Waals surface area contributed by atoms with E-state index in [4.69, 9.17) is 4.98 Å². The van der Waals surface area contributed by atoms with Gasteiger partial charge in [-0.3, -0.25) is 0 Å². The molecule has 1 aromatic carbocycles. The van der Waals surface area contributed by atoms with Crippen molar-refractivity contribution in [2.45, 2.75) is 45.7 Å². The number of aromatic nitrogens is 3. The molecule has 3 heterocycles. The SMILES string of the molecule is CCc1ccccc1C1CCN1c1nc(NC(C)C)nc2ncccc12. The van der Waals surface area contributed by atoms with Crippen molar-refractivity contribution in [1.29, 1.82) is 0 Å². The van der Waals surface area contributed by atoms with Gasteiger partial charge in [0.1, 0.15) is 5.82 Å². The van der Waals surface area contributed by atoms with Crippen LogP contribution in [0.5, 0.6) is 0 Å². The zero-order valence-corrected chi connectivity index (χ0v) is 15.6. The van der Waals surface area contributed by atoms with Gasteiger partial charge >= 0.3 is 0 Å². The molecule has 134 valence electrons. The molecule has 0 bridgehead atoms. The van der Waals surface area contributed by atoms with E-state index in [2.05, 4.69) is 71.3 Å². The number of fused-ring (bicyclic) bond motifs is 1. The van der Waals surface area contributed by atoms with Crippen LogP contribution in [0.15, 0.2) is 42.6 Å². The number of nitrogens with one attached hydrogen (secondary N) is 1. The lowest BCUT2D eigenvalue weighted by Crippen LogP contribution is -2.42. The highest BCUT2D eigenvalue weighted by Crippen LogP contribution is 2.40. The minimum atomic E-state index is 0.275. The third kappa shape index (κ3) is 2.98. The van der Waals surface area contributed by atoms with Gasteiger partial charge in [-0.2, -0.15) is 9.97 Å². The molecule has 0 aliphatic carbocycles. The highest BCUT2D eigenvalue weighted by molar-refractivity contribution is 5.88. The second-order valence-electron chi connectivity index (χ2n) is 7.09. The average molecular weight is 347 g/mol. The summed E-state index contributed by atoms with van der Waals surface area (Å²) in [6.45, 7) is 7.41. The number of aryl methyl sites for hydroxylation is 1. The van der Waals surface area contributed by atoms with Gasteiger partial charge in [0.25, 0.3) is 0 Å². The second kappa shape index (κ2) is 6.90. The van der Waals surface area contributed by atoms with Gasteiger partial charge in [-0.1, -0.05) is 31.2 Å². The van der Waals surface area contributed by atoms with Crippen molar-refractivity contribution in [3.8, 4) is 0 Å². The molecular formula is C21H25N5. The summed E-state index contributed by atoms with van der Waals surface area (Å²) in [7, 11) is 0. The van der Waals surface area contributed by atoms with E-state index in [0.29, 0.717) is 12.0 Å². The van der Waals surface area contributed by atoms with Crippen LogP contribution in [0.1, 0.15) is 44.4 Å². The summed E-state index contributed by atoms with van der Waals surface area (Å²) in [5, 5.41) is 4.34. The molecule has 1 saturated heterocycles. The normalized spacial score (nSPS) is 16.8. The quantitative estimate of drug-likeness (QED) is 0.743. The Kier molecular flexibility index (Phi) is 4.45. The monoisotopic (exact) mass is 347 g/mol. The molecule has 1 atom stereocenters. The molecule has 0 radical (unpaired) electrons. The second-order valence-corrected chi connectivity index (χ2v) is 7.09. The van der Waals surface area contributed by atoms with E-state index in [9.17, 15) is 0 Å². The van der Waals surface area contributed by atoms with Crippen LogP contribution >= 0.6 is 0 Å². The van der Waals surface area contributed by atoms with Crippen LogP contribution in [-0.4, -0.2) is 27.5 Å². The van der Waals surface area contributed by atoms with Gasteiger partial charge < -0.3 is 10.2 Å². The highest BCUT2D eigenvalue weighted by atomic mass is 15.3. The highest BCUT2D eigenvalue weighted by Gasteiger charge is 2.33. The Morgan fingerprint density at radius 1 is 1.15 bits per heavy atom. The third-order valence-corrected chi connectivity index (χ3v) is 4.96. The summed E-state index contributed by atoms with van der Waals surface area (Å²) in [5.41, 5.74) is 3.57. The van der Waals surface area contributed by atoms with Gasteiger partial charge in [-0.05, 0) is 49.9 Å². The lowest BCUT2D eigenvalue weighted by atomic mass is 9.90. The minimum Gasteiger partial charge on any atom is -0.352 e. The maximum Gasteiger partial charge on any atom is 0.226 e. The Labute approximate surface area is 154 Å². The fourth-order valence-corrected chi connectivity index (χ4v) is 3.63. The molecule has 1 aliphatic heterocycles. The fraction of sp³-hybridized carbons (Fsp3) is 0.381. The molecule has 1 N–H and O–H groups in total. The van der Waals surface area contributed by atoms with E-state index >= 15 is 0 Å². The Morgan fingerprint density at radius 3 is 2.73 bits per heavy atom. The molecule has 4 rings (SSSR count). The molecule has 1 aliphatic rings. The predicted octanol–water partition coefficient (Wildman–Crippen LogP) is 4.36. The van der Waals surface area contributed by atoms with Gasteiger partial charge in [0.15, 0.2) is 5.65 Å². The topological polar surface area (TPSA) is 53.9 Å². The number of rotatable bonds is 5. The molecule has 1 unspecified atom stereocenters. The lowest BCUT2D eigenvalue weighted by molar-refractivity contribution is 0.460. The standard InChI is InChI=1S/C21H25N5/c1-4-15-8-5-6-9-16(15)18-11-13-26(18)20-17-10-7-12-22-19(17)24-21(25-20)23-14(2)3/h5-10,12,14,18H,4,11,13H2,1-3H3,(H,22,23,24,25). The van der Waals surface area contributed by atoms with Crippen molar-refractivity contribution in [2.75, 3.05) is 16.8 Å².